The molecule has 0 saturated carbocycles. The van der Waals surface area contributed by atoms with Gasteiger partial charge in [0.05, 0.1) is 23.9 Å². The lowest BCUT2D eigenvalue weighted by atomic mass is 10.0. The molecule has 0 spiro atoms. The highest BCUT2D eigenvalue weighted by atomic mass is 16.5. The number of rotatable bonds is 4. The van der Waals surface area contributed by atoms with E-state index >= 15 is 0 Å². The van der Waals surface area contributed by atoms with Crippen molar-refractivity contribution in [2.24, 2.45) is 0 Å². The number of benzene rings is 2. The summed E-state index contributed by atoms with van der Waals surface area (Å²) in [4.78, 5) is 15.3. The summed E-state index contributed by atoms with van der Waals surface area (Å²) >= 11 is 0. The second-order valence-electron chi connectivity index (χ2n) is 7.26. The van der Waals surface area contributed by atoms with Gasteiger partial charge < -0.3 is 4.74 Å². The van der Waals surface area contributed by atoms with Crippen LogP contribution in [0.4, 0.5) is 0 Å². The van der Waals surface area contributed by atoms with Crippen LogP contribution in [0.15, 0.2) is 53.3 Å². The van der Waals surface area contributed by atoms with Gasteiger partial charge >= 0.3 is 0 Å². The summed E-state index contributed by atoms with van der Waals surface area (Å²) in [6.07, 6.45) is 2.30. The molecule has 0 radical (unpaired) electrons. The molecule has 27 heavy (non-hydrogen) atoms. The number of piperidine rings is 1. The van der Waals surface area contributed by atoms with Crippen molar-refractivity contribution in [1.29, 1.82) is 0 Å². The molecule has 0 atom stereocenters. The standard InChI is InChI=1S/C22H25N3O2/c1-16-7-9-17(10-8-16)21-19-5-3-4-6-20(19)22(26)25(23-21)15-24-13-11-18(27-2)12-14-24/h3-10,18H,11-15H2,1-2H3. The average molecular weight is 363 g/mol. The number of hydrogen-bond acceptors (Lipinski definition) is 4. The number of likely N-dealkylation sites (tertiary alicyclic amines) is 1. The first-order valence-electron chi connectivity index (χ1n) is 9.48. The summed E-state index contributed by atoms with van der Waals surface area (Å²) in [6, 6.07) is 16.1. The summed E-state index contributed by atoms with van der Waals surface area (Å²) in [7, 11) is 1.77. The molecule has 1 aliphatic rings. The maximum absolute atomic E-state index is 13.0. The van der Waals surface area contributed by atoms with E-state index in [-0.39, 0.29) is 5.56 Å². The molecule has 0 bridgehead atoms. The molecule has 140 valence electrons. The molecular formula is C22H25N3O2. The first-order chi connectivity index (χ1) is 13.2. The van der Waals surface area contributed by atoms with Gasteiger partial charge in [0.1, 0.15) is 0 Å². The Hall–Kier alpha value is -2.50. The molecular weight excluding hydrogens is 338 g/mol. The number of aryl methyl sites for hydroxylation is 1. The van der Waals surface area contributed by atoms with E-state index in [0.29, 0.717) is 12.8 Å². The largest absolute Gasteiger partial charge is 0.381 e. The summed E-state index contributed by atoms with van der Waals surface area (Å²) in [5.74, 6) is 0. The molecule has 0 unspecified atom stereocenters. The van der Waals surface area contributed by atoms with E-state index in [1.807, 2.05) is 24.3 Å². The fourth-order valence-corrected chi connectivity index (χ4v) is 3.73. The number of aromatic nitrogens is 2. The molecule has 1 aliphatic heterocycles. The van der Waals surface area contributed by atoms with Crippen LogP contribution in [0.5, 0.6) is 0 Å². The first-order valence-corrected chi connectivity index (χ1v) is 9.48. The van der Waals surface area contributed by atoms with Gasteiger partial charge in [0.2, 0.25) is 0 Å². The van der Waals surface area contributed by atoms with Gasteiger partial charge in [0, 0.05) is 31.1 Å². The Bertz CT molecular complexity index is 987. The molecule has 0 aliphatic carbocycles. The van der Waals surface area contributed by atoms with E-state index in [1.54, 1.807) is 11.8 Å². The van der Waals surface area contributed by atoms with Crippen molar-refractivity contribution in [3.05, 3.63) is 64.4 Å². The minimum Gasteiger partial charge on any atom is -0.381 e. The van der Waals surface area contributed by atoms with Crippen molar-refractivity contribution < 1.29 is 4.74 Å². The van der Waals surface area contributed by atoms with Gasteiger partial charge in [-0.1, -0.05) is 48.0 Å². The third-order valence-electron chi connectivity index (χ3n) is 5.39. The van der Waals surface area contributed by atoms with Crippen LogP contribution in [0.2, 0.25) is 0 Å². The Kier molecular flexibility index (Phi) is 5.05. The quantitative estimate of drug-likeness (QED) is 0.712. The van der Waals surface area contributed by atoms with Gasteiger partial charge in [-0.2, -0.15) is 5.10 Å². The third-order valence-corrected chi connectivity index (χ3v) is 5.39. The molecule has 1 aromatic heterocycles. The van der Waals surface area contributed by atoms with Crippen LogP contribution in [-0.4, -0.2) is 41.0 Å². The van der Waals surface area contributed by atoms with E-state index in [0.717, 1.165) is 48.0 Å². The first kappa shape index (κ1) is 17.9. The number of nitrogens with zero attached hydrogens (tertiary/aromatic N) is 3. The second kappa shape index (κ2) is 7.62. The molecule has 2 aromatic carbocycles. The van der Waals surface area contributed by atoms with Crippen molar-refractivity contribution in [1.82, 2.24) is 14.7 Å². The number of hydrogen-bond donors (Lipinski definition) is 0. The highest BCUT2D eigenvalue weighted by Gasteiger charge is 2.20. The molecule has 5 heteroatoms. The second-order valence-corrected chi connectivity index (χ2v) is 7.26. The molecule has 2 heterocycles. The summed E-state index contributed by atoms with van der Waals surface area (Å²) in [5, 5.41) is 6.39. The molecule has 1 saturated heterocycles. The monoisotopic (exact) mass is 363 g/mol. The lowest BCUT2D eigenvalue weighted by Crippen LogP contribution is -2.40. The minimum atomic E-state index is -0.0321. The van der Waals surface area contributed by atoms with Crippen LogP contribution in [0, 0.1) is 6.92 Å². The Labute approximate surface area is 159 Å². The number of ether oxygens (including phenoxy) is 1. The average Bonchev–Trinajstić information content (AvgIpc) is 2.71. The predicted octanol–water partition coefficient (Wildman–Crippen LogP) is 3.44. The van der Waals surface area contributed by atoms with E-state index in [1.165, 1.54) is 5.56 Å². The van der Waals surface area contributed by atoms with Gasteiger partial charge in [-0.15, -0.1) is 0 Å². The predicted molar refractivity (Wildman–Crippen MR) is 108 cm³/mol. The van der Waals surface area contributed by atoms with E-state index in [9.17, 15) is 4.79 Å². The lowest BCUT2D eigenvalue weighted by molar-refractivity contribution is 0.0298. The molecule has 0 amide bonds. The van der Waals surface area contributed by atoms with Crippen molar-refractivity contribution in [3.63, 3.8) is 0 Å². The van der Waals surface area contributed by atoms with Crippen LogP contribution in [0.3, 0.4) is 0 Å². The zero-order valence-corrected chi connectivity index (χ0v) is 15.9. The van der Waals surface area contributed by atoms with E-state index in [4.69, 9.17) is 9.84 Å². The maximum Gasteiger partial charge on any atom is 0.275 e. The molecule has 4 rings (SSSR count). The third kappa shape index (κ3) is 3.66. The van der Waals surface area contributed by atoms with Gasteiger partial charge in [-0.05, 0) is 25.8 Å². The highest BCUT2D eigenvalue weighted by molar-refractivity contribution is 5.93. The fourth-order valence-electron chi connectivity index (χ4n) is 3.73. The van der Waals surface area contributed by atoms with Crippen molar-refractivity contribution >= 4 is 10.8 Å². The molecule has 3 aromatic rings. The summed E-state index contributed by atoms with van der Waals surface area (Å²) in [5.41, 5.74) is 3.06. The van der Waals surface area contributed by atoms with Crippen LogP contribution in [0.1, 0.15) is 18.4 Å². The number of fused-ring (bicyclic) bond motifs is 1. The lowest BCUT2D eigenvalue weighted by Gasteiger charge is -2.31. The zero-order chi connectivity index (χ0) is 18.8. The Morgan fingerprint density at radius 3 is 2.37 bits per heavy atom. The SMILES string of the molecule is COC1CCN(Cn2nc(-c3ccc(C)cc3)c3ccccc3c2=O)CC1. The van der Waals surface area contributed by atoms with Gasteiger partial charge in [0.15, 0.2) is 0 Å². The van der Waals surface area contributed by atoms with Gasteiger partial charge in [0.25, 0.3) is 5.56 Å². The van der Waals surface area contributed by atoms with Crippen LogP contribution in [0.25, 0.3) is 22.0 Å². The Morgan fingerprint density at radius 2 is 1.70 bits per heavy atom. The summed E-state index contributed by atoms with van der Waals surface area (Å²) < 4.78 is 7.06. The molecule has 0 N–H and O–H groups in total. The Balaban J connectivity index is 1.74. The number of methoxy groups -OCH3 is 1. The zero-order valence-electron chi connectivity index (χ0n) is 15.9. The van der Waals surface area contributed by atoms with Gasteiger partial charge in [-0.25, -0.2) is 4.68 Å². The molecule has 1 fully saturated rings. The van der Waals surface area contributed by atoms with Crippen molar-refractivity contribution in [2.75, 3.05) is 20.2 Å². The normalized spacial score (nSPS) is 16.1. The Morgan fingerprint density at radius 1 is 1.04 bits per heavy atom. The maximum atomic E-state index is 13.0. The van der Waals surface area contributed by atoms with Crippen LogP contribution >= 0.6 is 0 Å². The fraction of sp³-hybridized carbons (Fsp3) is 0.364. The summed E-state index contributed by atoms with van der Waals surface area (Å²) in [6.45, 7) is 4.41. The van der Waals surface area contributed by atoms with Gasteiger partial charge in [-0.3, -0.25) is 9.69 Å². The smallest absolute Gasteiger partial charge is 0.275 e. The van der Waals surface area contributed by atoms with Crippen molar-refractivity contribution in [3.8, 4) is 11.3 Å². The molecule has 5 nitrogen and oxygen atoms in total. The topological polar surface area (TPSA) is 47.4 Å². The highest BCUT2D eigenvalue weighted by Crippen LogP contribution is 2.25. The van der Waals surface area contributed by atoms with Crippen LogP contribution < -0.4 is 5.56 Å². The minimum absolute atomic E-state index is 0.0321. The van der Waals surface area contributed by atoms with E-state index in [2.05, 4.69) is 36.1 Å². The van der Waals surface area contributed by atoms with Crippen molar-refractivity contribution in [2.45, 2.75) is 32.5 Å². The van der Waals surface area contributed by atoms with E-state index < -0.39 is 0 Å². The van der Waals surface area contributed by atoms with Crippen LogP contribution in [-0.2, 0) is 11.4 Å².